The molecule has 1 fully saturated rings. The van der Waals surface area contributed by atoms with Crippen LogP contribution in [0.5, 0.6) is 0 Å². The Bertz CT molecular complexity index is 176. The van der Waals surface area contributed by atoms with E-state index in [4.69, 9.17) is 4.74 Å². The number of hydrogen-bond donors (Lipinski definition) is 2. The largest absolute Gasteiger partial charge is 0.379 e. The highest BCUT2D eigenvalue weighted by Crippen LogP contribution is 2.17. The minimum Gasteiger partial charge on any atom is -0.379 e. The Balaban J connectivity index is 2.36. The van der Waals surface area contributed by atoms with Crippen LogP contribution >= 0.6 is 0 Å². The lowest BCUT2D eigenvalue weighted by Crippen LogP contribution is -2.53. The summed E-state index contributed by atoms with van der Waals surface area (Å²) in [6.07, 6.45) is 2.03. The second-order valence-electron chi connectivity index (χ2n) is 3.80. The van der Waals surface area contributed by atoms with Gasteiger partial charge in [-0.1, -0.05) is 0 Å². The first-order valence-electron chi connectivity index (χ1n) is 4.70. The second-order valence-corrected chi connectivity index (χ2v) is 3.80. The summed E-state index contributed by atoms with van der Waals surface area (Å²) < 4.78 is 5.33. The lowest BCUT2D eigenvalue weighted by Gasteiger charge is -2.34. The van der Waals surface area contributed by atoms with E-state index in [2.05, 4.69) is 10.6 Å². The van der Waals surface area contributed by atoms with Crippen molar-refractivity contribution in [1.82, 2.24) is 10.6 Å². The zero-order valence-electron chi connectivity index (χ0n) is 8.35. The molecule has 1 atom stereocenters. The summed E-state index contributed by atoms with van der Waals surface area (Å²) in [6, 6.07) is 0. The molecular formula is C9H18N2O2. The normalized spacial score (nSPS) is 28.5. The number of ether oxygens (including phenoxy) is 1. The number of rotatable bonds is 3. The number of carbonyl (C=O) groups excluding carboxylic acids is 1. The predicted octanol–water partition coefficient (Wildman–Crippen LogP) is -0.109. The van der Waals surface area contributed by atoms with Crippen LogP contribution in [-0.4, -0.2) is 38.3 Å². The average molecular weight is 186 g/mol. The van der Waals surface area contributed by atoms with Gasteiger partial charge in [0.2, 0.25) is 5.91 Å². The molecule has 1 heterocycles. The maximum absolute atomic E-state index is 11.3. The van der Waals surface area contributed by atoms with Crippen molar-refractivity contribution >= 4 is 5.91 Å². The maximum Gasteiger partial charge on any atom is 0.234 e. The van der Waals surface area contributed by atoms with E-state index >= 15 is 0 Å². The third kappa shape index (κ3) is 3.32. The Labute approximate surface area is 79.0 Å². The highest BCUT2D eigenvalue weighted by atomic mass is 16.5. The van der Waals surface area contributed by atoms with Crippen molar-refractivity contribution in [3.63, 3.8) is 0 Å². The molecule has 1 saturated heterocycles. The van der Waals surface area contributed by atoms with E-state index in [0.717, 1.165) is 19.4 Å². The first-order chi connectivity index (χ1) is 6.16. The van der Waals surface area contributed by atoms with Gasteiger partial charge in [0, 0.05) is 6.61 Å². The SMILES string of the molecule is CNCC(=O)NC1(C)CCCOC1. The van der Waals surface area contributed by atoms with Crippen molar-refractivity contribution in [3.8, 4) is 0 Å². The third-order valence-electron chi connectivity index (χ3n) is 2.22. The fraction of sp³-hybridized carbons (Fsp3) is 0.889. The summed E-state index contributed by atoms with van der Waals surface area (Å²) in [5.74, 6) is 0.0375. The average Bonchev–Trinajstić information content (AvgIpc) is 2.04. The molecule has 1 rings (SSSR count). The zero-order chi connectivity index (χ0) is 9.73. The summed E-state index contributed by atoms with van der Waals surface area (Å²) in [6.45, 7) is 3.84. The molecule has 1 unspecified atom stereocenters. The minimum absolute atomic E-state index is 0.0375. The van der Waals surface area contributed by atoms with Crippen LogP contribution < -0.4 is 10.6 Å². The Morgan fingerprint density at radius 2 is 2.38 bits per heavy atom. The molecular weight excluding hydrogens is 168 g/mol. The van der Waals surface area contributed by atoms with Crippen LogP contribution in [0.2, 0.25) is 0 Å². The minimum atomic E-state index is -0.161. The number of carbonyl (C=O) groups is 1. The lowest BCUT2D eigenvalue weighted by atomic mass is 9.95. The van der Waals surface area contributed by atoms with Gasteiger partial charge in [0.15, 0.2) is 0 Å². The van der Waals surface area contributed by atoms with E-state index in [1.54, 1.807) is 7.05 Å². The molecule has 0 aromatic heterocycles. The van der Waals surface area contributed by atoms with Crippen molar-refractivity contribution in [2.45, 2.75) is 25.3 Å². The number of hydrogen-bond acceptors (Lipinski definition) is 3. The van der Waals surface area contributed by atoms with Gasteiger partial charge in [0.05, 0.1) is 18.7 Å². The van der Waals surface area contributed by atoms with Gasteiger partial charge in [-0.15, -0.1) is 0 Å². The van der Waals surface area contributed by atoms with E-state index in [-0.39, 0.29) is 11.4 Å². The first-order valence-corrected chi connectivity index (χ1v) is 4.70. The molecule has 0 saturated carbocycles. The predicted molar refractivity (Wildman–Crippen MR) is 50.5 cm³/mol. The molecule has 0 aromatic rings. The molecule has 1 aliphatic rings. The van der Waals surface area contributed by atoms with E-state index in [1.165, 1.54) is 0 Å². The van der Waals surface area contributed by atoms with Crippen LogP contribution in [0.1, 0.15) is 19.8 Å². The summed E-state index contributed by atoms with van der Waals surface area (Å²) in [7, 11) is 1.76. The molecule has 0 bridgehead atoms. The van der Waals surface area contributed by atoms with Gasteiger partial charge < -0.3 is 15.4 Å². The summed E-state index contributed by atoms with van der Waals surface area (Å²) >= 11 is 0. The highest BCUT2D eigenvalue weighted by molar-refractivity contribution is 5.78. The zero-order valence-corrected chi connectivity index (χ0v) is 8.35. The Kier molecular flexibility index (Phi) is 3.69. The molecule has 0 aliphatic carbocycles. The topological polar surface area (TPSA) is 50.4 Å². The second kappa shape index (κ2) is 4.58. The lowest BCUT2D eigenvalue weighted by molar-refractivity contribution is -0.123. The number of likely N-dealkylation sites (N-methyl/N-ethyl adjacent to an activating group) is 1. The number of nitrogens with one attached hydrogen (secondary N) is 2. The first kappa shape index (κ1) is 10.5. The van der Waals surface area contributed by atoms with Gasteiger partial charge in [0.25, 0.3) is 0 Å². The molecule has 76 valence electrons. The van der Waals surface area contributed by atoms with Crippen molar-refractivity contribution in [3.05, 3.63) is 0 Å². The summed E-state index contributed by atoms with van der Waals surface area (Å²) in [5.41, 5.74) is -0.161. The Morgan fingerprint density at radius 3 is 2.92 bits per heavy atom. The molecule has 4 heteroatoms. The molecule has 4 nitrogen and oxygen atoms in total. The quantitative estimate of drug-likeness (QED) is 0.646. The molecule has 0 aromatic carbocycles. The van der Waals surface area contributed by atoms with Crippen LogP contribution in [0.25, 0.3) is 0 Å². The molecule has 13 heavy (non-hydrogen) atoms. The van der Waals surface area contributed by atoms with Crippen molar-refractivity contribution in [1.29, 1.82) is 0 Å². The molecule has 2 N–H and O–H groups in total. The standard InChI is InChI=1S/C9H18N2O2/c1-9(4-3-5-13-7-9)11-8(12)6-10-2/h10H,3-7H2,1-2H3,(H,11,12). The number of amides is 1. The molecule has 0 radical (unpaired) electrons. The molecule has 0 spiro atoms. The van der Waals surface area contributed by atoms with Crippen LogP contribution in [0, 0.1) is 0 Å². The van der Waals surface area contributed by atoms with Gasteiger partial charge in [-0.2, -0.15) is 0 Å². The van der Waals surface area contributed by atoms with Gasteiger partial charge in [-0.3, -0.25) is 4.79 Å². The van der Waals surface area contributed by atoms with Gasteiger partial charge in [-0.25, -0.2) is 0 Å². The van der Waals surface area contributed by atoms with Crippen LogP contribution in [-0.2, 0) is 9.53 Å². The van der Waals surface area contributed by atoms with Crippen molar-refractivity contribution in [2.24, 2.45) is 0 Å². The fourth-order valence-electron chi connectivity index (χ4n) is 1.57. The maximum atomic E-state index is 11.3. The monoisotopic (exact) mass is 186 g/mol. The fourth-order valence-corrected chi connectivity index (χ4v) is 1.57. The van der Waals surface area contributed by atoms with Crippen molar-refractivity contribution < 1.29 is 9.53 Å². The van der Waals surface area contributed by atoms with Gasteiger partial charge in [0.1, 0.15) is 0 Å². The third-order valence-corrected chi connectivity index (χ3v) is 2.22. The van der Waals surface area contributed by atoms with E-state index < -0.39 is 0 Å². The summed E-state index contributed by atoms with van der Waals surface area (Å²) in [5, 5.41) is 5.79. The summed E-state index contributed by atoms with van der Waals surface area (Å²) in [4.78, 5) is 11.3. The van der Waals surface area contributed by atoms with Crippen LogP contribution in [0.3, 0.4) is 0 Å². The van der Waals surface area contributed by atoms with Gasteiger partial charge in [-0.05, 0) is 26.8 Å². The van der Waals surface area contributed by atoms with E-state index in [9.17, 15) is 4.79 Å². The molecule has 1 aliphatic heterocycles. The Morgan fingerprint density at radius 1 is 1.62 bits per heavy atom. The smallest absolute Gasteiger partial charge is 0.234 e. The van der Waals surface area contributed by atoms with E-state index in [0.29, 0.717) is 13.2 Å². The van der Waals surface area contributed by atoms with E-state index in [1.807, 2.05) is 6.92 Å². The van der Waals surface area contributed by atoms with Gasteiger partial charge >= 0.3 is 0 Å². The highest BCUT2D eigenvalue weighted by Gasteiger charge is 2.28. The van der Waals surface area contributed by atoms with Crippen LogP contribution in [0.4, 0.5) is 0 Å². The van der Waals surface area contributed by atoms with Crippen molar-refractivity contribution in [2.75, 3.05) is 26.8 Å². The Hall–Kier alpha value is -0.610. The van der Waals surface area contributed by atoms with Crippen LogP contribution in [0.15, 0.2) is 0 Å². The molecule has 1 amide bonds.